The molecular weight excluding hydrogens is 467 g/mol. The number of anilines is 3. The molecule has 0 spiro atoms. The van der Waals surface area contributed by atoms with Crippen molar-refractivity contribution in [3.8, 4) is 0 Å². The van der Waals surface area contributed by atoms with E-state index < -0.39 is 0 Å². The normalized spacial score (nSPS) is 16.4. The highest BCUT2D eigenvalue weighted by atomic mass is 32.1. The lowest BCUT2D eigenvalue weighted by Gasteiger charge is -2.33. The van der Waals surface area contributed by atoms with Crippen LogP contribution < -0.4 is 15.1 Å². The van der Waals surface area contributed by atoms with Crippen LogP contribution in [0, 0.1) is 12.7 Å². The fourth-order valence-corrected chi connectivity index (χ4v) is 5.40. The first kappa shape index (κ1) is 23.7. The highest BCUT2D eigenvalue weighted by Crippen LogP contribution is 2.33. The van der Waals surface area contributed by atoms with E-state index in [0.29, 0.717) is 30.2 Å². The summed E-state index contributed by atoms with van der Waals surface area (Å²) in [6, 6.07) is 12.6. The average molecular weight is 497 g/mol. The number of carbonyl (C=O) groups is 1. The first-order chi connectivity index (χ1) is 17.1. The molecular formula is C26H29FN4O3S. The quantitative estimate of drug-likeness (QED) is 0.554. The van der Waals surface area contributed by atoms with E-state index >= 15 is 0 Å². The molecule has 2 aromatic carbocycles. The first-order valence-electron chi connectivity index (χ1n) is 11.9. The van der Waals surface area contributed by atoms with Crippen molar-refractivity contribution in [3.05, 3.63) is 69.4 Å². The second kappa shape index (κ2) is 10.7. The molecule has 0 radical (unpaired) electrons. The van der Waals surface area contributed by atoms with E-state index in [1.165, 1.54) is 23.5 Å². The van der Waals surface area contributed by atoms with Gasteiger partial charge in [0.25, 0.3) is 5.91 Å². The van der Waals surface area contributed by atoms with Gasteiger partial charge < -0.3 is 24.6 Å². The van der Waals surface area contributed by atoms with Gasteiger partial charge in [-0.25, -0.2) is 9.37 Å². The van der Waals surface area contributed by atoms with Crippen LogP contribution >= 0.6 is 11.3 Å². The highest BCUT2D eigenvalue weighted by molar-refractivity contribution is 7.14. The summed E-state index contributed by atoms with van der Waals surface area (Å²) in [5, 5.41) is 3.96. The van der Waals surface area contributed by atoms with Crippen LogP contribution in [0.2, 0.25) is 0 Å². The Kier molecular flexibility index (Phi) is 7.26. The number of morpholine rings is 2. The van der Waals surface area contributed by atoms with Gasteiger partial charge >= 0.3 is 0 Å². The van der Waals surface area contributed by atoms with Gasteiger partial charge in [-0.05, 0) is 42.8 Å². The van der Waals surface area contributed by atoms with Gasteiger partial charge in [-0.3, -0.25) is 4.79 Å². The van der Waals surface area contributed by atoms with Crippen molar-refractivity contribution in [1.29, 1.82) is 0 Å². The molecule has 3 aromatic rings. The van der Waals surface area contributed by atoms with Crippen LogP contribution in [0.25, 0.3) is 0 Å². The number of aromatic nitrogens is 1. The lowest BCUT2D eigenvalue weighted by molar-refractivity contribution is 0.102. The molecule has 3 heterocycles. The monoisotopic (exact) mass is 496 g/mol. The summed E-state index contributed by atoms with van der Waals surface area (Å²) in [6.07, 6.45) is 0.562. The Morgan fingerprint density at radius 3 is 2.34 bits per heavy atom. The molecule has 184 valence electrons. The topological polar surface area (TPSA) is 66.9 Å². The van der Waals surface area contributed by atoms with Crippen LogP contribution in [0.15, 0.2) is 42.5 Å². The van der Waals surface area contributed by atoms with Crippen molar-refractivity contribution in [2.45, 2.75) is 13.3 Å². The highest BCUT2D eigenvalue weighted by Gasteiger charge is 2.22. The molecule has 0 aliphatic carbocycles. The molecule has 2 aliphatic rings. The van der Waals surface area contributed by atoms with E-state index in [4.69, 9.17) is 9.47 Å². The van der Waals surface area contributed by atoms with E-state index in [2.05, 4.69) is 32.2 Å². The van der Waals surface area contributed by atoms with Crippen molar-refractivity contribution >= 4 is 34.3 Å². The summed E-state index contributed by atoms with van der Waals surface area (Å²) in [5.41, 5.74) is 4.56. The summed E-state index contributed by atoms with van der Waals surface area (Å²) >= 11 is 1.38. The molecule has 1 N–H and O–H groups in total. The maximum Gasteiger partial charge on any atom is 0.267 e. The summed E-state index contributed by atoms with van der Waals surface area (Å²) in [5.74, 6) is -0.432. The maximum absolute atomic E-state index is 13.3. The Morgan fingerprint density at radius 1 is 1.00 bits per heavy atom. The minimum Gasteiger partial charge on any atom is -0.378 e. The van der Waals surface area contributed by atoms with E-state index in [1.54, 1.807) is 12.1 Å². The number of hydrogen-bond donors (Lipinski definition) is 1. The average Bonchev–Trinajstić information content (AvgIpc) is 3.26. The Morgan fingerprint density at radius 2 is 1.66 bits per heavy atom. The fourth-order valence-electron chi connectivity index (χ4n) is 4.40. The van der Waals surface area contributed by atoms with Gasteiger partial charge in [0, 0.05) is 38.3 Å². The molecule has 0 saturated carbocycles. The molecule has 1 aromatic heterocycles. The number of aryl methyl sites for hydroxylation is 1. The minimum atomic E-state index is -0.264. The molecule has 9 heteroatoms. The largest absolute Gasteiger partial charge is 0.378 e. The number of nitrogens with zero attached hydrogens (tertiary/aromatic N) is 3. The van der Waals surface area contributed by atoms with E-state index in [-0.39, 0.29) is 11.7 Å². The van der Waals surface area contributed by atoms with Crippen LogP contribution in [0.5, 0.6) is 0 Å². The van der Waals surface area contributed by atoms with Gasteiger partial charge in [-0.2, -0.15) is 0 Å². The van der Waals surface area contributed by atoms with Crippen molar-refractivity contribution in [2.24, 2.45) is 0 Å². The van der Waals surface area contributed by atoms with Crippen LogP contribution in [-0.2, 0) is 15.9 Å². The number of nitrogens with one attached hydrogen (secondary N) is 1. The summed E-state index contributed by atoms with van der Waals surface area (Å²) in [4.78, 5) is 23.1. The number of carbonyl (C=O) groups excluding carboxylic acids is 1. The van der Waals surface area contributed by atoms with E-state index in [1.807, 2.05) is 13.0 Å². The van der Waals surface area contributed by atoms with Crippen LogP contribution in [0.4, 0.5) is 21.5 Å². The third-order valence-corrected chi connectivity index (χ3v) is 7.43. The van der Waals surface area contributed by atoms with Crippen LogP contribution in [-0.4, -0.2) is 63.5 Å². The molecule has 1 amide bonds. The Hall–Kier alpha value is -3.01. The fraction of sp³-hybridized carbons (Fsp3) is 0.385. The van der Waals surface area contributed by atoms with Crippen molar-refractivity contribution in [3.63, 3.8) is 0 Å². The first-order valence-corrected chi connectivity index (χ1v) is 12.7. The molecule has 0 bridgehead atoms. The van der Waals surface area contributed by atoms with E-state index in [9.17, 15) is 9.18 Å². The zero-order valence-electron chi connectivity index (χ0n) is 19.8. The van der Waals surface area contributed by atoms with Gasteiger partial charge in [-0.1, -0.05) is 12.1 Å². The lowest BCUT2D eigenvalue weighted by Crippen LogP contribution is -2.38. The van der Waals surface area contributed by atoms with Gasteiger partial charge in [0.05, 0.1) is 48.5 Å². The van der Waals surface area contributed by atoms with Gasteiger partial charge in [0.2, 0.25) is 0 Å². The van der Waals surface area contributed by atoms with Gasteiger partial charge in [0.1, 0.15) is 10.7 Å². The molecule has 2 aliphatic heterocycles. The van der Waals surface area contributed by atoms with Crippen molar-refractivity contribution in [1.82, 2.24) is 4.98 Å². The standard InChI is InChI=1S/C26H29FN4O3S/c1-18-25(35-24(28-18)16-19-2-4-20(27)5-3-19)26(32)29-22-7-6-21(30-8-12-33-13-9-30)17-23(22)31-10-14-34-15-11-31/h2-7,17H,8-16H2,1H3,(H,29,32). The minimum absolute atomic E-state index is 0.168. The lowest BCUT2D eigenvalue weighted by atomic mass is 10.1. The second-order valence-corrected chi connectivity index (χ2v) is 9.76. The van der Waals surface area contributed by atoms with Crippen molar-refractivity contribution < 1.29 is 18.7 Å². The van der Waals surface area contributed by atoms with Crippen LogP contribution in [0.3, 0.4) is 0 Å². The third-order valence-electron chi connectivity index (χ3n) is 6.27. The number of benzene rings is 2. The summed E-state index contributed by atoms with van der Waals surface area (Å²) in [7, 11) is 0. The zero-order valence-corrected chi connectivity index (χ0v) is 20.6. The predicted octanol–water partition coefficient (Wildman–Crippen LogP) is 4.11. The molecule has 2 fully saturated rings. The maximum atomic E-state index is 13.3. The van der Waals surface area contributed by atoms with Crippen LogP contribution in [0.1, 0.15) is 25.9 Å². The molecule has 5 rings (SSSR count). The third kappa shape index (κ3) is 5.63. The summed E-state index contributed by atoms with van der Waals surface area (Å²) < 4.78 is 24.3. The molecule has 2 saturated heterocycles. The van der Waals surface area contributed by atoms with Crippen molar-refractivity contribution in [2.75, 3.05) is 67.7 Å². The summed E-state index contributed by atoms with van der Waals surface area (Å²) in [6.45, 7) is 7.87. The molecule has 0 atom stereocenters. The van der Waals surface area contributed by atoms with Gasteiger partial charge in [-0.15, -0.1) is 11.3 Å². The number of thiazole rings is 1. The zero-order chi connectivity index (χ0) is 24.2. The molecule has 35 heavy (non-hydrogen) atoms. The second-order valence-electron chi connectivity index (χ2n) is 8.68. The Balaban J connectivity index is 1.37. The molecule has 7 nitrogen and oxygen atoms in total. The number of rotatable bonds is 6. The van der Waals surface area contributed by atoms with Gasteiger partial charge in [0.15, 0.2) is 0 Å². The number of ether oxygens (including phenoxy) is 2. The Bertz CT molecular complexity index is 1170. The SMILES string of the molecule is Cc1nc(Cc2ccc(F)cc2)sc1C(=O)Nc1ccc(N2CCOCC2)cc1N1CCOCC1. The predicted molar refractivity (Wildman–Crippen MR) is 137 cm³/mol. The smallest absolute Gasteiger partial charge is 0.267 e. The number of amides is 1. The number of hydrogen-bond acceptors (Lipinski definition) is 7. The molecule has 0 unspecified atom stereocenters. The Labute approximate surface area is 208 Å². The number of halogens is 1. The van der Waals surface area contributed by atoms with E-state index in [0.717, 1.165) is 67.0 Å².